The highest BCUT2D eigenvalue weighted by Crippen LogP contribution is 2.38. The van der Waals surface area contributed by atoms with Gasteiger partial charge in [-0.3, -0.25) is 4.79 Å². The Balaban J connectivity index is 1.95. The fourth-order valence-electron chi connectivity index (χ4n) is 2.89. The quantitative estimate of drug-likeness (QED) is 0.692. The number of carbonyl (C=O) groups excluding carboxylic acids is 2. The fourth-order valence-corrected chi connectivity index (χ4v) is 2.89. The first-order chi connectivity index (χ1) is 9.22. The Labute approximate surface area is 119 Å². The maximum atomic E-state index is 12.1. The van der Waals surface area contributed by atoms with E-state index in [1.54, 1.807) is 4.90 Å². The molecule has 0 aliphatic carbocycles. The monoisotopic (exact) mass is 284 g/mol. The van der Waals surface area contributed by atoms with Crippen LogP contribution in [0.1, 0.15) is 40.0 Å². The van der Waals surface area contributed by atoms with Crippen LogP contribution in [0.2, 0.25) is 0 Å². The highest BCUT2D eigenvalue weighted by molar-refractivity contribution is 5.84. The molecule has 2 amide bonds. The molecule has 0 aromatic heterocycles. The second kappa shape index (κ2) is 5.24. The molecule has 6 heteroatoms. The van der Waals surface area contributed by atoms with Crippen molar-refractivity contribution in [1.82, 2.24) is 10.2 Å². The standard InChI is InChI=1S/C14H24N2O4/c1-13(2,3)20-12(19)16-6-4-14(5-7-16)8-10(17)9-15-11(14)18/h10,17H,4-9H2,1-3H3,(H,15,18)/t10-/m1/s1. The maximum Gasteiger partial charge on any atom is 0.410 e. The van der Waals surface area contributed by atoms with Crippen molar-refractivity contribution in [3.8, 4) is 0 Å². The topological polar surface area (TPSA) is 78.9 Å². The molecule has 1 atom stereocenters. The summed E-state index contributed by atoms with van der Waals surface area (Å²) in [6.07, 6.45) is 0.829. The van der Waals surface area contributed by atoms with E-state index in [2.05, 4.69) is 5.32 Å². The Kier molecular flexibility index (Phi) is 3.95. The minimum atomic E-state index is -0.518. The number of aliphatic hydroxyl groups is 1. The van der Waals surface area contributed by atoms with Crippen LogP contribution in [0.3, 0.4) is 0 Å². The van der Waals surface area contributed by atoms with Crippen LogP contribution >= 0.6 is 0 Å². The van der Waals surface area contributed by atoms with Crippen LogP contribution in [0.25, 0.3) is 0 Å². The van der Waals surface area contributed by atoms with Gasteiger partial charge in [0.2, 0.25) is 5.91 Å². The lowest BCUT2D eigenvalue weighted by Gasteiger charge is -2.44. The summed E-state index contributed by atoms with van der Waals surface area (Å²) in [5.41, 5.74) is -1.03. The number of likely N-dealkylation sites (tertiary alicyclic amines) is 1. The fraction of sp³-hybridized carbons (Fsp3) is 0.857. The summed E-state index contributed by atoms with van der Waals surface area (Å²) < 4.78 is 5.34. The number of rotatable bonds is 0. The molecule has 2 fully saturated rings. The average molecular weight is 284 g/mol. The van der Waals surface area contributed by atoms with Crippen LogP contribution in [-0.2, 0) is 9.53 Å². The number of amides is 2. The minimum absolute atomic E-state index is 0.00615. The van der Waals surface area contributed by atoms with Crippen molar-refractivity contribution < 1.29 is 19.4 Å². The molecule has 2 N–H and O–H groups in total. The number of carbonyl (C=O) groups is 2. The van der Waals surface area contributed by atoms with Gasteiger partial charge >= 0.3 is 6.09 Å². The summed E-state index contributed by atoms with van der Waals surface area (Å²) in [6.45, 7) is 6.82. The number of β-amino-alcohol motifs (C(OH)–C–C–N with tert-alkyl or cyclic N) is 1. The van der Waals surface area contributed by atoms with Gasteiger partial charge < -0.3 is 20.1 Å². The highest BCUT2D eigenvalue weighted by Gasteiger charge is 2.46. The molecule has 6 nitrogen and oxygen atoms in total. The molecule has 0 unspecified atom stereocenters. The smallest absolute Gasteiger partial charge is 0.410 e. The van der Waals surface area contributed by atoms with Crippen molar-refractivity contribution in [3.05, 3.63) is 0 Å². The second-order valence-corrected chi connectivity index (χ2v) is 6.82. The number of hydrogen-bond acceptors (Lipinski definition) is 4. The summed E-state index contributed by atoms with van der Waals surface area (Å²) in [7, 11) is 0. The molecule has 2 rings (SSSR count). The third-order valence-corrected chi connectivity index (χ3v) is 3.98. The molecule has 0 aromatic carbocycles. The van der Waals surface area contributed by atoms with Gasteiger partial charge in [-0.2, -0.15) is 0 Å². The van der Waals surface area contributed by atoms with Crippen LogP contribution in [0, 0.1) is 5.41 Å². The van der Waals surface area contributed by atoms with Gasteiger partial charge in [0.1, 0.15) is 5.60 Å². The molecule has 2 aliphatic heterocycles. The van der Waals surface area contributed by atoms with E-state index >= 15 is 0 Å². The van der Waals surface area contributed by atoms with E-state index in [0.29, 0.717) is 38.9 Å². The molecule has 0 radical (unpaired) electrons. The van der Waals surface area contributed by atoms with Crippen molar-refractivity contribution in [3.63, 3.8) is 0 Å². The number of nitrogens with one attached hydrogen (secondary N) is 1. The predicted molar refractivity (Wildman–Crippen MR) is 73.1 cm³/mol. The van der Waals surface area contributed by atoms with Gasteiger partial charge in [-0.25, -0.2) is 4.79 Å². The van der Waals surface area contributed by atoms with Crippen LogP contribution in [0.4, 0.5) is 4.79 Å². The zero-order valence-electron chi connectivity index (χ0n) is 12.4. The zero-order valence-corrected chi connectivity index (χ0v) is 12.4. The van der Waals surface area contributed by atoms with Crippen LogP contribution < -0.4 is 5.32 Å². The molecular weight excluding hydrogens is 260 g/mol. The lowest BCUT2D eigenvalue weighted by atomic mass is 9.71. The molecule has 20 heavy (non-hydrogen) atoms. The Morgan fingerprint density at radius 2 is 2.00 bits per heavy atom. The van der Waals surface area contributed by atoms with Gasteiger partial charge in [0.25, 0.3) is 0 Å². The van der Waals surface area contributed by atoms with Crippen LogP contribution in [0.5, 0.6) is 0 Å². The largest absolute Gasteiger partial charge is 0.444 e. The van der Waals surface area contributed by atoms with E-state index in [0.717, 1.165) is 0 Å². The number of aliphatic hydroxyl groups excluding tert-OH is 1. The Hall–Kier alpha value is -1.30. The summed E-state index contributed by atoms with van der Waals surface area (Å²) in [5, 5.41) is 12.5. The van der Waals surface area contributed by atoms with Gasteiger partial charge in [0.05, 0.1) is 11.5 Å². The first-order valence-corrected chi connectivity index (χ1v) is 7.16. The van der Waals surface area contributed by atoms with Gasteiger partial charge in [-0.15, -0.1) is 0 Å². The van der Waals surface area contributed by atoms with E-state index in [1.165, 1.54) is 0 Å². The molecule has 2 saturated heterocycles. The number of ether oxygens (including phenoxy) is 1. The first kappa shape index (κ1) is 15.1. The molecule has 0 saturated carbocycles. The molecule has 114 valence electrons. The van der Waals surface area contributed by atoms with Crippen molar-refractivity contribution in [2.24, 2.45) is 5.41 Å². The summed E-state index contributed by atoms with van der Waals surface area (Å²) in [6, 6.07) is 0. The third kappa shape index (κ3) is 3.23. The zero-order chi connectivity index (χ0) is 15.0. The number of piperidine rings is 2. The summed E-state index contributed by atoms with van der Waals surface area (Å²) in [5.74, 6) is 0.00615. The number of nitrogens with zero attached hydrogens (tertiary/aromatic N) is 1. The Bertz CT molecular complexity index is 394. The average Bonchev–Trinajstić information content (AvgIpc) is 2.33. The van der Waals surface area contributed by atoms with E-state index in [1.807, 2.05) is 20.8 Å². The molecule has 1 spiro atoms. The SMILES string of the molecule is CC(C)(C)OC(=O)N1CCC2(CC1)C[C@@H](O)CNC2=O. The maximum absolute atomic E-state index is 12.1. The van der Waals surface area contributed by atoms with Crippen molar-refractivity contribution >= 4 is 12.0 Å². The van der Waals surface area contributed by atoms with Crippen LogP contribution in [0.15, 0.2) is 0 Å². The molecule has 0 aromatic rings. The summed E-state index contributed by atoms with van der Waals surface area (Å²) >= 11 is 0. The normalized spacial score (nSPS) is 26.3. The van der Waals surface area contributed by atoms with E-state index in [4.69, 9.17) is 4.74 Å². The van der Waals surface area contributed by atoms with Gasteiger partial charge in [0, 0.05) is 19.6 Å². The predicted octanol–water partition coefficient (Wildman–Crippen LogP) is 0.884. The third-order valence-electron chi connectivity index (χ3n) is 3.98. The van der Waals surface area contributed by atoms with Crippen molar-refractivity contribution in [2.45, 2.75) is 51.7 Å². The highest BCUT2D eigenvalue weighted by atomic mass is 16.6. The first-order valence-electron chi connectivity index (χ1n) is 7.16. The lowest BCUT2D eigenvalue weighted by Crippen LogP contribution is -2.56. The lowest BCUT2D eigenvalue weighted by molar-refractivity contribution is -0.140. The minimum Gasteiger partial charge on any atom is -0.444 e. The molecule has 0 bridgehead atoms. The number of hydrogen-bond donors (Lipinski definition) is 2. The van der Waals surface area contributed by atoms with Gasteiger partial charge in [-0.05, 0) is 40.0 Å². The summed E-state index contributed by atoms with van der Waals surface area (Å²) in [4.78, 5) is 25.7. The van der Waals surface area contributed by atoms with Crippen molar-refractivity contribution in [2.75, 3.05) is 19.6 Å². The van der Waals surface area contributed by atoms with E-state index in [9.17, 15) is 14.7 Å². The van der Waals surface area contributed by atoms with Crippen molar-refractivity contribution in [1.29, 1.82) is 0 Å². The Morgan fingerprint density at radius 3 is 2.55 bits per heavy atom. The van der Waals surface area contributed by atoms with Gasteiger partial charge in [0.15, 0.2) is 0 Å². The van der Waals surface area contributed by atoms with E-state index < -0.39 is 17.1 Å². The van der Waals surface area contributed by atoms with Crippen LogP contribution in [-0.4, -0.2) is 53.3 Å². The van der Waals surface area contributed by atoms with E-state index in [-0.39, 0.29) is 12.0 Å². The van der Waals surface area contributed by atoms with Gasteiger partial charge in [-0.1, -0.05) is 0 Å². The molecular formula is C14H24N2O4. The second-order valence-electron chi connectivity index (χ2n) is 6.82. The molecule has 2 aliphatic rings. The Morgan fingerprint density at radius 1 is 1.40 bits per heavy atom. The molecule has 2 heterocycles.